The lowest BCUT2D eigenvalue weighted by Crippen LogP contribution is -2.44. The molecule has 0 spiro atoms. The van der Waals surface area contributed by atoms with Gasteiger partial charge in [-0.3, -0.25) is 9.78 Å². The van der Waals surface area contributed by atoms with E-state index < -0.39 is 59.5 Å². The Balaban J connectivity index is 1.35. The Hall–Kier alpha value is -4.35. The van der Waals surface area contributed by atoms with Crippen LogP contribution in [0.4, 0.5) is 19.0 Å². The van der Waals surface area contributed by atoms with Gasteiger partial charge in [-0.15, -0.1) is 0 Å². The fraction of sp³-hybridized carbons (Fsp3) is 0.364. The van der Waals surface area contributed by atoms with Crippen LogP contribution in [0.25, 0.3) is 32.9 Å². The van der Waals surface area contributed by atoms with Gasteiger partial charge in [0, 0.05) is 42.6 Å². The number of ketones is 1. The monoisotopic (exact) mass is 665 g/mol. The van der Waals surface area contributed by atoms with Crippen molar-refractivity contribution >= 4 is 44.9 Å². The molecule has 3 fully saturated rings. The zero-order valence-electron chi connectivity index (χ0n) is 24.7. The number of carbonyl (C=O) groups is 1. The molecule has 14 heteroatoms. The van der Waals surface area contributed by atoms with Crippen LogP contribution >= 0.6 is 11.6 Å². The van der Waals surface area contributed by atoms with Crippen LogP contribution in [0.3, 0.4) is 0 Å². The molecule has 0 amide bonds. The minimum Gasteiger partial charge on any atom is -0.455 e. The van der Waals surface area contributed by atoms with E-state index >= 15 is 4.39 Å². The number of aliphatic hydroxyl groups is 1. The third-order valence-electron chi connectivity index (χ3n) is 9.06. The Morgan fingerprint density at radius 2 is 2.00 bits per heavy atom. The topological polar surface area (TPSA) is 131 Å². The smallest absolute Gasteiger partial charge is 0.319 e. The van der Waals surface area contributed by atoms with E-state index in [1.807, 2.05) is 0 Å². The van der Waals surface area contributed by atoms with E-state index in [9.17, 15) is 23.9 Å². The van der Waals surface area contributed by atoms with Crippen LogP contribution in [-0.2, 0) is 14.3 Å². The number of fused-ring (bicyclic) bond motifs is 3. The summed E-state index contributed by atoms with van der Waals surface area (Å²) in [6.45, 7) is 3.61. The molecule has 4 aromatic rings. The van der Waals surface area contributed by atoms with Gasteiger partial charge >= 0.3 is 6.01 Å². The van der Waals surface area contributed by atoms with Crippen molar-refractivity contribution in [3.8, 4) is 23.3 Å². The highest BCUT2D eigenvalue weighted by Crippen LogP contribution is 2.40. The molecule has 0 radical (unpaired) electrons. The van der Waals surface area contributed by atoms with E-state index in [1.54, 1.807) is 23.1 Å². The molecule has 242 valence electrons. The minimum absolute atomic E-state index is 0.0378. The molecule has 0 aliphatic carbocycles. The number of piperidine rings is 1. The highest BCUT2D eigenvalue weighted by atomic mass is 35.5. The summed E-state index contributed by atoms with van der Waals surface area (Å²) in [5, 5.41) is 20.6. The van der Waals surface area contributed by atoms with Crippen molar-refractivity contribution in [2.45, 2.75) is 37.3 Å². The van der Waals surface area contributed by atoms with Crippen LogP contribution in [0, 0.1) is 34.8 Å². The second-order valence-electron chi connectivity index (χ2n) is 11.8. The van der Waals surface area contributed by atoms with Gasteiger partial charge in [-0.1, -0.05) is 42.4 Å². The molecule has 3 aliphatic rings. The molecule has 0 bridgehead atoms. The van der Waals surface area contributed by atoms with Crippen LogP contribution in [0.2, 0.25) is 5.02 Å². The molecule has 1 N–H and O–H groups in total. The van der Waals surface area contributed by atoms with E-state index in [2.05, 4.69) is 27.6 Å². The number of anilines is 1. The van der Waals surface area contributed by atoms with Crippen molar-refractivity contribution in [3.63, 3.8) is 0 Å². The Morgan fingerprint density at radius 3 is 2.79 bits per heavy atom. The first kappa shape index (κ1) is 31.3. The number of hydrogen-bond acceptors (Lipinski definition) is 10. The van der Waals surface area contributed by atoms with Crippen LogP contribution in [-0.4, -0.2) is 76.6 Å². The molecular weight excluding hydrogens is 639 g/mol. The van der Waals surface area contributed by atoms with Gasteiger partial charge in [0.05, 0.1) is 29.7 Å². The first-order valence-corrected chi connectivity index (χ1v) is 15.4. The summed E-state index contributed by atoms with van der Waals surface area (Å²) in [6, 6.07) is 9.60. The minimum atomic E-state index is -1.07. The van der Waals surface area contributed by atoms with E-state index in [0.717, 1.165) is 0 Å². The molecule has 2 aromatic carbocycles. The molecule has 0 saturated carbocycles. The van der Waals surface area contributed by atoms with Gasteiger partial charge in [-0.25, -0.2) is 13.2 Å². The average molecular weight is 666 g/mol. The number of allylic oxidation sites excluding steroid dienone is 1. The van der Waals surface area contributed by atoms with Gasteiger partial charge < -0.3 is 24.2 Å². The molecule has 3 saturated heterocycles. The Labute approximate surface area is 271 Å². The maximum absolute atomic E-state index is 16.7. The zero-order chi connectivity index (χ0) is 33.0. The lowest BCUT2D eigenvalue weighted by atomic mass is 9.80. The van der Waals surface area contributed by atoms with Gasteiger partial charge in [0.1, 0.15) is 41.2 Å². The van der Waals surface area contributed by atoms with Crippen LogP contribution in [0.1, 0.15) is 12.8 Å². The van der Waals surface area contributed by atoms with Crippen LogP contribution < -0.4 is 9.64 Å². The number of nitriles is 1. The lowest BCUT2D eigenvalue weighted by Gasteiger charge is -2.37. The SMILES string of the molecule is C=C(F)C(=O)C1CCN(c2nc(O[C@@H]3CO[C@H]4[C@@H]3OC[C@H]4O)nc3c(F)c(-c4cccc5ccc(F)c(Cl)c45)ncc23)C[C@@H]1CC#N. The summed E-state index contributed by atoms with van der Waals surface area (Å²) >= 11 is 6.35. The van der Waals surface area contributed by atoms with Gasteiger partial charge in [-0.05, 0) is 23.8 Å². The Morgan fingerprint density at radius 1 is 1.19 bits per heavy atom. The zero-order valence-corrected chi connectivity index (χ0v) is 25.5. The van der Waals surface area contributed by atoms with Gasteiger partial charge in [0.15, 0.2) is 23.5 Å². The maximum Gasteiger partial charge on any atom is 0.319 e. The quantitative estimate of drug-likeness (QED) is 0.266. The van der Waals surface area contributed by atoms with Gasteiger partial charge in [0.2, 0.25) is 0 Å². The average Bonchev–Trinajstić information content (AvgIpc) is 3.64. The summed E-state index contributed by atoms with van der Waals surface area (Å²) in [7, 11) is 0. The molecule has 10 nitrogen and oxygen atoms in total. The van der Waals surface area contributed by atoms with Crippen molar-refractivity contribution in [3.05, 3.63) is 65.6 Å². The predicted octanol–water partition coefficient (Wildman–Crippen LogP) is 5.09. The normalized spacial score (nSPS) is 25.6. The molecule has 3 aliphatic heterocycles. The van der Waals surface area contributed by atoms with E-state index in [-0.39, 0.29) is 83.5 Å². The number of halogens is 4. The number of hydrogen-bond donors (Lipinski definition) is 1. The highest BCUT2D eigenvalue weighted by molar-refractivity contribution is 6.36. The summed E-state index contributed by atoms with van der Waals surface area (Å²) in [4.78, 5) is 27.8. The fourth-order valence-corrected chi connectivity index (χ4v) is 7.06. The second-order valence-corrected chi connectivity index (χ2v) is 12.2. The third kappa shape index (κ3) is 5.45. The maximum atomic E-state index is 16.7. The van der Waals surface area contributed by atoms with Crippen molar-refractivity contribution in [1.82, 2.24) is 15.0 Å². The first-order chi connectivity index (χ1) is 22.7. The van der Waals surface area contributed by atoms with Gasteiger partial charge in [-0.2, -0.15) is 15.2 Å². The summed E-state index contributed by atoms with van der Waals surface area (Å²) < 4.78 is 62.5. The summed E-state index contributed by atoms with van der Waals surface area (Å²) in [5.74, 6) is -4.44. The number of rotatable bonds is 7. The fourth-order valence-electron chi connectivity index (χ4n) is 6.79. The van der Waals surface area contributed by atoms with Crippen molar-refractivity contribution in [1.29, 1.82) is 5.26 Å². The van der Waals surface area contributed by atoms with Crippen molar-refractivity contribution in [2.75, 3.05) is 31.2 Å². The van der Waals surface area contributed by atoms with Crippen LogP contribution in [0.5, 0.6) is 6.01 Å². The number of ether oxygens (including phenoxy) is 3. The molecule has 47 heavy (non-hydrogen) atoms. The summed E-state index contributed by atoms with van der Waals surface area (Å²) in [5.41, 5.74) is -0.0466. The Kier molecular flexibility index (Phi) is 8.21. The van der Waals surface area contributed by atoms with Crippen LogP contribution in [0.15, 0.2) is 48.9 Å². The molecule has 1 unspecified atom stereocenters. The number of nitrogens with zero attached hydrogens (tertiary/aromatic N) is 5. The van der Waals surface area contributed by atoms with Gasteiger partial charge in [0.25, 0.3) is 0 Å². The van der Waals surface area contributed by atoms with Crippen molar-refractivity contribution < 1.29 is 37.3 Å². The molecule has 5 heterocycles. The van der Waals surface area contributed by atoms with E-state index in [0.29, 0.717) is 5.39 Å². The highest BCUT2D eigenvalue weighted by Gasteiger charge is 2.49. The molecule has 6 atom stereocenters. The largest absolute Gasteiger partial charge is 0.455 e. The number of pyridine rings is 1. The van der Waals surface area contributed by atoms with E-state index in [1.165, 1.54) is 18.3 Å². The number of carbonyl (C=O) groups excluding carboxylic acids is 1. The van der Waals surface area contributed by atoms with Crippen molar-refractivity contribution in [2.24, 2.45) is 11.8 Å². The summed E-state index contributed by atoms with van der Waals surface area (Å²) in [6.07, 6.45) is -1.20. The number of aliphatic hydroxyl groups excluding tert-OH is 1. The standard InChI is InChI=1S/C33H27ClF3N5O5/c1-15(35)29(44)18-8-10-42(12-17(18)7-9-38)32-20-11-39-27(19-4-2-3-16-5-6-21(36)25(34)24(16)19)26(37)28(20)40-33(41-32)47-23-14-46-30-22(43)13-45-31(23)30/h2-6,11,17-18,22-23,30-31,43H,1,7-8,10,12-14H2/t17-,18?,22+,23+,30+,31+/m0/s1. The number of benzene rings is 2. The molecular formula is C33H27ClF3N5O5. The second kappa shape index (κ2) is 12.4. The lowest BCUT2D eigenvalue weighted by molar-refractivity contribution is -0.122. The van der Waals surface area contributed by atoms with E-state index in [4.69, 9.17) is 25.8 Å². The molecule has 7 rings (SSSR count). The predicted molar refractivity (Wildman–Crippen MR) is 164 cm³/mol. The first-order valence-electron chi connectivity index (χ1n) is 15.0. The molecule has 2 aromatic heterocycles. The Bertz CT molecular complexity index is 1980. The third-order valence-corrected chi connectivity index (χ3v) is 9.43. The number of Topliss-reactive ketones (excluding diaryl/α,β-unsaturated/α-hetero) is 1. The number of aromatic nitrogens is 3.